The molecule has 0 amide bonds. The summed E-state index contributed by atoms with van der Waals surface area (Å²) in [6.07, 6.45) is 1.22. The van der Waals surface area contributed by atoms with Gasteiger partial charge in [0.2, 0.25) is 0 Å². The van der Waals surface area contributed by atoms with E-state index < -0.39 is 9.84 Å². The van der Waals surface area contributed by atoms with Gasteiger partial charge in [0.05, 0.1) is 18.0 Å². The van der Waals surface area contributed by atoms with Crippen LogP contribution in [0.4, 0.5) is 0 Å². The predicted octanol–water partition coefficient (Wildman–Crippen LogP) is 2.80. The molecule has 0 heterocycles. The minimum absolute atomic E-state index is 0.361. The monoisotopic (exact) mass is 403 g/mol. The maximum absolute atomic E-state index is 11.8. The Morgan fingerprint density at radius 2 is 1.82 bits per heavy atom. The molecule has 0 saturated carbocycles. The lowest BCUT2D eigenvalue weighted by Crippen LogP contribution is -2.37. The van der Waals surface area contributed by atoms with Crippen LogP contribution in [0.15, 0.2) is 52.4 Å². The van der Waals surface area contributed by atoms with Crippen molar-refractivity contribution in [3.63, 3.8) is 0 Å². The Morgan fingerprint density at radius 1 is 1.11 bits per heavy atom. The molecule has 0 fully saturated rings. The predicted molar refractivity (Wildman–Crippen MR) is 113 cm³/mol. The lowest BCUT2D eigenvalue weighted by Gasteiger charge is -2.14. The van der Waals surface area contributed by atoms with Gasteiger partial charge in [0.15, 0.2) is 15.8 Å². The van der Waals surface area contributed by atoms with Crippen molar-refractivity contribution >= 4 is 15.8 Å². The molecule has 0 aliphatic carbocycles. The number of nitrogens with one attached hydrogen (secondary N) is 2. The molecular weight excluding hydrogens is 374 g/mol. The number of ether oxygens (including phenoxy) is 1. The number of methoxy groups -OCH3 is 1. The molecule has 2 rings (SSSR count). The molecule has 2 aromatic rings. The summed E-state index contributed by atoms with van der Waals surface area (Å²) in [5.41, 5.74) is 3.99. The second-order valence-electron chi connectivity index (χ2n) is 6.62. The summed E-state index contributed by atoms with van der Waals surface area (Å²) in [5.74, 6) is 0.708. The van der Waals surface area contributed by atoms with Crippen molar-refractivity contribution in [2.45, 2.75) is 38.4 Å². The van der Waals surface area contributed by atoms with Crippen molar-refractivity contribution in [3.05, 3.63) is 64.7 Å². The van der Waals surface area contributed by atoms with Crippen LogP contribution in [0, 0.1) is 6.92 Å². The molecule has 28 heavy (non-hydrogen) atoms. The highest BCUT2D eigenvalue weighted by molar-refractivity contribution is 7.90. The second kappa shape index (κ2) is 10.2. The van der Waals surface area contributed by atoms with Crippen LogP contribution in [-0.4, -0.2) is 34.3 Å². The molecule has 7 heteroatoms. The van der Waals surface area contributed by atoms with Gasteiger partial charge in [-0.15, -0.1) is 0 Å². The number of nitrogens with zero attached hydrogens (tertiary/aromatic N) is 1. The fraction of sp³-hybridized carbons (Fsp3) is 0.381. The van der Waals surface area contributed by atoms with E-state index in [0.29, 0.717) is 30.6 Å². The Bertz CT molecular complexity index is 924. The van der Waals surface area contributed by atoms with Crippen LogP contribution in [-0.2, 0) is 34.3 Å². The molecule has 2 N–H and O–H groups in total. The van der Waals surface area contributed by atoms with E-state index in [1.165, 1.54) is 6.26 Å². The molecule has 0 atom stereocenters. The first-order valence-electron chi connectivity index (χ1n) is 9.22. The highest BCUT2D eigenvalue weighted by Gasteiger charge is 2.11. The van der Waals surface area contributed by atoms with Crippen LogP contribution in [0.25, 0.3) is 0 Å². The molecule has 2 aromatic carbocycles. The summed E-state index contributed by atoms with van der Waals surface area (Å²) in [6, 6.07) is 13.5. The number of guanidine groups is 1. The van der Waals surface area contributed by atoms with E-state index in [4.69, 9.17) is 4.74 Å². The topological polar surface area (TPSA) is 79.8 Å². The molecule has 152 valence electrons. The minimum Gasteiger partial charge on any atom is -0.380 e. The van der Waals surface area contributed by atoms with Gasteiger partial charge in [-0.25, -0.2) is 13.4 Å². The van der Waals surface area contributed by atoms with E-state index in [0.717, 1.165) is 28.8 Å². The van der Waals surface area contributed by atoms with Crippen LogP contribution in [0.2, 0.25) is 0 Å². The van der Waals surface area contributed by atoms with Gasteiger partial charge in [-0.3, -0.25) is 0 Å². The number of hydrogen-bond donors (Lipinski definition) is 2. The number of benzene rings is 2. The zero-order valence-electron chi connectivity index (χ0n) is 17.0. The van der Waals surface area contributed by atoms with Gasteiger partial charge in [0, 0.05) is 26.5 Å². The van der Waals surface area contributed by atoms with Crippen LogP contribution < -0.4 is 10.6 Å². The first-order valence-corrected chi connectivity index (χ1v) is 11.1. The molecule has 0 spiro atoms. The summed E-state index contributed by atoms with van der Waals surface area (Å²) in [4.78, 5) is 4.98. The first kappa shape index (κ1) is 21.9. The fourth-order valence-corrected chi connectivity index (χ4v) is 3.90. The van der Waals surface area contributed by atoms with Crippen LogP contribution in [0.1, 0.15) is 29.2 Å². The molecule has 0 aliphatic rings. The van der Waals surface area contributed by atoms with Crippen LogP contribution in [0.5, 0.6) is 0 Å². The number of hydrogen-bond acceptors (Lipinski definition) is 4. The van der Waals surface area contributed by atoms with Gasteiger partial charge in [0.25, 0.3) is 0 Å². The quantitative estimate of drug-likeness (QED) is 0.523. The number of aliphatic imine (C=N–C) groups is 1. The van der Waals surface area contributed by atoms with E-state index in [9.17, 15) is 8.42 Å². The third-order valence-electron chi connectivity index (χ3n) is 4.27. The fourth-order valence-electron chi connectivity index (χ4n) is 2.94. The summed E-state index contributed by atoms with van der Waals surface area (Å²) in [6.45, 7) is 6.23. The van der Waals surface area contributed by atoms with E-state index in [1.54, 1.807) is 20.1 Å². The standard InChI is InChI=1S/C21H29N3O3S/c1-5-22-21(24-14-18-8-6-7-9-19(18)15-27-3)23-13-17-10-11-20(16(2)12-17)28(4,25)26/h6-12H,5,13-15H2,1-4H3,(H2,22,23,24). The van der Waals surface area contributed by atoms with Crippen molar-refractivity contribution in [1.29, 1.82) is 0 Å². The smallest absolute Gasteiger partial charge is 0.191 e. The number of sulfone groups is 1. The average Bonchev–Trinajstić information content (AvgIpc) is 2.64. The average molecular weight is 404 g/mol. The van der Waals surface area contributed by atoms with Crippen molar-refractivity contribution in [2.75, 3.05) is 19.9 Å². The van der Waals surface area contributed by atoms with Gasteiger partial charge in [0.1, 0.15) is 0 Å². The van der Waals surface area contributed by atoms with Crippen molar-refractivity contribution in [3.8, 4) is 0 Å². The highest BCUT2D eigenvalue weighted by Crippen LogP contribution is 2.17. The van der Waals surface area contributed by atoms with E-state index in [-0.39, 0.29) is 0 Å². The molecule has 0 saturated heterocycles. The molecule has 0 radical (unpaired) electrons. The first-order chi connectivity index (χ1) is 13.3. The molecule has 6 nitrogen and oxygen atoms in total. The third-order valence-corrected chi connectivity index (χ3v) is 5.52. The maximum atomic E-state index is 11.8. The lowest BCUT2D eigenvalue weighted by atomic mass is 10.1. The minimum atomic E-state index is -3.21. The molecular formula is C21H29N3O3S. The van der Waals surface area contributed by atoms with Crippen LogP contribution >= 0.6 is 0 Å². The maximum Gasteiger partial charge on any atom is 0.191 e. The zero-order chi connectivity index (χ0) is 20.6. The number of aryl methyl sites for hydroxylation is 1. The number of rotatable bonds is 8. The van der Waals surface area contributed by atoms with Crippen LogP contribution in [0.3, 0.4) is 0 Å². The molecule has 0 unspecified atom stereocenters. The summed E-state index contributed by atoms with van der Waals surface area (Å²) in [7, 11) is -1.52. The largest absolute Gasteiger partial charge is 0.380 e. The molecule has 0 aromatic heterocycles. The van der Waals surface area contributed by atoms with Gasteiger partial charge in [-0.1, -0.05) is 36.4 Å². The Balaban J connectivity index is 2.10. The van der Waals surface area contributed by atoms with Gasteiger partial charge >= 0.3 is 0 Å². The van der Waals surface area contributed by atoms with E-state index in [1.807, 2.05) is 31.2 Å². The van der Waals surface area contributed by atoms with Crippen molar-refractivity contribution in [1.82, 2.24) is 10.6 Å². The Labute approximate surface area is 168 Å². The van der Waals surface area contributed by atoms with Gasteiger partial charge in [-0.05, 0) is 42.2 Å². The normalized spacial score (nSPS) is 12.1. The van der Waals surface area contributed by atoms with E-state index >= 15 is 0 Å². The lowest BCUT2D eigenvalue weighted by molar-refractivity contribution is 0.184. The second-order valence-corrected chi connectivity index (χ2v) is 8.61. The summed E-state index contributed by atoms with van der Waals surface area (Å²) < 4.78 is 28.8. The van der Waals surface area contributed by atoms with E-state index in [2.05, 4.69) is 27.8 Å². The van der Waals surface area contributed by atoms with Gasteiger partial charge in [-0.2, -0.15) is 0 Å². The Morgan fingerprint density at radius 3 is 2.43 bits per heavy atom. The highest BCUT2D eigenvalue weighted by atomic mass is 32.2. The zero-order valence-corrected chi connectivity index (χ0v) is 17.8. The third kappa shape index (κ3) is 6.35. The summed E-state index contributed by atoms with van der Waals surface area (Å²) in [5, 5.41) is 6.58. The molecule has 0 bridgehead atoms. The SMILES string of the molecule is CCNC(=NCc1ccc(S(C)(=O)=O)c(C)c1)NCc1ccccc1COC. The Hall–Kier alpha value is -2.38. The Kier molecular flexibility index (Phi) is 8.02. The van der Waals surface area contributed by atoms with Crippen molar-refractivity contribution < 1.29 is 13.2 Å². The van der Waals surface area contributed by atoms with Crippen molar-refractivity contribution in [2.24, 2.45) is 4.99 Å². The summed E-state index contributed by atoms with van der Waals surface area (Å²) >= 11 is 0. The molecule has 0 aliphatic heterocycles. The van der Waals surface area contributed by atoms with Gasteiger partial charge < -0.3 is 15.4 Å².